The number of H-pyrrole nitrogens is 1. The minimum Gasteiger partial charge on any atom is -0.348 e. The van der Waals surface area contributed by atoms with Gasteiger partial charge in [-0.2, -0.15) is 13.6 Å². The van der Waals surface area contributed by atoms with E-state index in [1.165, 1.54) is 0 Å². The molecule has 0 bridgehead atoms. The molecule has 0 aliphatic heterocycles. The molecule has 0 radical (unpaired) electrons. The Morgan fingerprint density at radius 3 is 2.79 bits per heavy atom. The average molecular weight is 217 g/mol. The third-order valence-electron chi connectivity index (χ3n) is 2.21. The quantitative estimate of drug-likeness (QED) is 0.721. The van der Waals surface area contributed by atoms with Crippen molar-refractivity contribution in [3.63, 3.8) is 0 Å². The van der Waals surface area contributed by atoms with Gasteiger partial charge in [0, 0.05) is 11.3 Å². The van der Waals surface area contributed by atoms with Crippen LogP contribution in [0, 0.1) is 0 Å². The lowest BCUT2D eigenvalue weighted by molar-refractivity contribution is 0.472. The normalized spacial score (nSPS) is 16.4. The summed E-state index contributed by atoms with van der Waals surface area (Å²) in [6.07, 6.45) is 3.78. The van der Waals surface area contributed by atoms with Crippen molar-refractivity contribution in [2.45, 2.75) is 25.7 Å². The highest BCUT2D eigenvalue weighted by Crippen LogP contribution is 2.27. The zero-order valence-electron chi connectivity index (χ0n) is 7.49. The van der Waals surface area contributed by atoms with Gasteiger partial charge in [-0.25, -0.2) is 0 Å². The van der Waals surface area contributed by atoms with Crippen molar-refractivity contribution in [3.05, 3.63) is 11.3 Å². The maximum atomic E-state index is 10.7. The second kappa shape index (κ2) is 3.25. The Morgan fingerprint density at radius 2 is 2.07 bits per heavy atom. The molecule has 78 valence electrons. The Labute approximate surface area is 81.7 Å². The van der Waals surface area contributed by atoms with Gasteiger partial charge in [0.2, 0.25) is 0 Å². The first-order valence-electron chi connectivity index (χ1n) is 4.34. The number of nitrogens with one attached hydrogen (secondary N) is 1. The first-order valence-corrected chi connectivity index (χ1v) is 5.82. The third-order valence-corrected chi connectivity index (χ3v) is 2.60. The SMILES string of the molecule is NS(=O)(=O)Oc1n[nH]c2c1CCCC2. The van der Waals surface area contributed by atoms with E-state index in [1.807, 2.05) is 0 Å². The van der Waals surface area contributed by atoms with E-state index in [2.05, 4.69) is 14.4 Å². The number of rotatable bonds is 2. The fourth-order valence-corrected chi connectivity index (χ4v) is 1.99. The number of aryl methyl sites for hydroxylation is 1. The first kappa shape index (κ1) is 9.47. The lowest BCUT2D eigenvalue weighted by Crippen LogP contribution is -2.20. The lowest BCUT2D eigenvalue weighted by atomic mass is 9.98. The molecule has 0 unspecified atom stereocenters. The lowest BCUT2D eigenvalue weighted by Gasteiger charge is -2.10. The van der Waals surface area contributed by atoms with E-state index in [1.54, 1.807) is 0 Å². The van der Waals surface area contributed by atoms with Crippen molar-refractivity contribution in [1.29, 1.82) is 0 Å². The van der Waals surface area contributed by atoms with E-state index in [9.17, 15) is 8.42 Å². The highest BCUT2D eigenvalue weighted by Gasteiger charge is 2.20. The number of aromatic amines is 1. The number of fused-ring (bicyclic) bond motifs is 1. The van der Waals surface area contributed by atoms with Gasteiger partial charge in [-0.1, -0.05) is 0 Å². The molecule has 3 N–H and O–H groups in total. The average Bonchev–Trinajstić information content (AvgIpc) is 2.47. The van der Waals surface area contributed by atoms with E-state index in [4.69, 9.17) is 5.14 Å². The fourth-order valence-electron chi connectivity index (χ4n) is 1.63. The number of aromatic nitrogens is 2. The molecule has 0 aromatic carbocycles. The first-order chi connectivity index (χ1) is 6.56. The molecule has 14 heavy (non-hydrogen) atoms. The van der Waals surface area contributed by atoms with Crippen LogP contribution in [-0.2, 0) is 23.1 Å². The van der Waals surface area contributed by atoms with Gasteiger partial charge in [0.25, 0.3) is 5.88 Å². The number of nitrogens with two attached hydrogens (primary N) is 1. The monoisotopic (exact) mass is 217 g/mol. The van der Waals surface area contributed by atoms with Crippen molar-refractivity contribution in [1.82, 2.24) is 10.2 Å². The molecule has 2 rings (SSSR count). The molecule has 0 amide bonds. The van der Waals surface area contributed by atoms with Crippen LogP contribution in [-0.4, -0.2) is 18.6 Å². The molecule has 0 saturated heterocycles. The molecule has 7 heteroatoms. The van der Waals surface area contributed by atoms with Gasteiger partial charge in [0.15, 0.2) is 0 Å². The maximum Gasteiger partial charge on any atom is 0.381 e. The van der Waals surface area contributed by atoms with Gasteiger partial charge in [0.1, 0.15) is 0 Å². The standard InChI is InChI=1S/C7H11N3O3S/c8-14(11,12)13-7-5-3-1-2-4-6(5)9-10-7/h1-4H2,(H,9,10)(H2,8,11,12). The van der Waals surface area contributed by atoms with E-state index >= 15 is 0 Å². The van der Waals surface area contributed by atoms with Crippen molar-refractivity contribution < 1.29 is 12.6 Å². The summed E-state index contributed by atoms with van der Waals surface area (Å²) in [6, 6.07) is 0. The third kappa shape index (κ3) is 1.88. The molecule has 0 saturated carbocycles. The summed E-state index contributed by atoms with van der Waals surface area (Å²) >= 11 is 0. The van der Waals surface area contributed by atoms with Crippen LogP contribution in [0.4, 0.5) is 0 Å². The van der Waals surface area contributed by atoms with E-state index < -0.39 is 10.3 Å². The summed E-state index contributed by atoms with van der Waals surface area (Å²) in [5.41, 5.74) is 1.79. The number of hydrogen-bond acceptors (Lipinski definition) is 4. The second-order valence-electron chi connectivity index (χ2n) is 3.27. The molecule has 1 aliphatic rings. The predicted octanol–water partition coefficient (Wildman–Crippen LogP) is -0.129. The highest BCUT2D eigenvalue weighted by molar-refractivity contribution is 7.84. The van der Waals surface area contributed by atoms with Gasteiger partial charge in [-0.15, -0.1) is 5.10 Å². The second-order valence-corrected chi connectivity index (χ2v) is 4.42. The van der Waals surface area contributed by atoms with Crippen molar-refractivity contribution in [2.75, 3.05) is 0 Å². The summed E-state index contributed by atoms with van der Waals surface area (Å²) in [7, 11) is -3.96. The van der Waals surface area contributed by atoms with Crippen LogP contribution >= 0.6 is 0 Å². The number of hydrogen-bond donors (Lipinski definition) is 2. The van der Waals surface area contributed by atoms with E-state index in [0.717, 1.165) is 36.9 Å². The molecule has 0 atom stereocenters. The largest absolute Gasteiger partial charge is 0.381 e. The Balaban J connectivity index is 2.31. The Morgan fingerprint density at radius 1 is 1.36 bits per heavy atom. The molecular formula is C7H11N3O3S. The molecule has 1 aromatic rings. The van der Waals surface area contributed by atoms with Crippen LogP contribution in [0.1, 0.15) is 24.1 Å². The summed E-state index contributed by atoms with van der Waals surface area (Å²) in [5, 5.41) is 11.3. The van der Waals surface area contributed by atoms with E-state index in [-0.39, 0.29) is 5.88 Å². The van der Waals surface area contributed by atoms with Crippen molar-refractivity contribution in [3.8, 4) is 5.88 Å². The number of nitrogens with zero attached hydrogens (tertiary/aromatic N) is 1. The van der Waals surface area contributed by atoms with Crippen LogP contribution in [0.25, 0.3) is 0 Å². The van der Waals surface area contributed by atoms with E-state index in [0.29, 0.717) is 0 Å². The Bertz CT molecular complexity index is 437. The molecule has 1 heterocycles. The molecule has 0 spiro atoms. The zero-order valence-corrected chi connectivity index (χ0v) is 8.30. The minimum atomic E-state index is -3.96. The fraction of sp³-hybridized carbons (Fsp3) is 0.571. The van der Waals surface area contributed by atoms with Crippen LogP contribution in [0.5, 0.6) is 5.88 Å². The van der Waals surface area contributed by atoms with Crippen LogP contribution in [0.15, 0.2) is 0 Å². The zero-order chi connectivity index (χ0) is 10.2. The molecule has 1 aromatic heterocycles. The van der Waals surface area contributed by atoms with Gasteiger partial charge in [-0.3, -0.25) is 5.10 Å². The van der Waals surface area contributed by atoms with Gasteiger partial charge in [-0.05, 0) is 25.7 Å². The summed E-state index contributed by atoms with van der Waals surface area (Å²) < 4.78 is 25.9. The molecule has 1 aliphatic carbocycles. The molecular weight excluding hydrogens is 206 g/mol. The summed E-state index contributed by atoms with van der Waals surface area (Å²) in [5.74, 6) is 0.0993. The summed E-state index contributed by atoms with van der Waals surface area (Å²) in [6.45, 7) is 0. The van der Waals surface area contributed by atoms with Crippen LogP contribution in [0.2, 0.25) is 0 Å². The van der Waals surface area contributed by atoms with Crippen molar-refractivity contribution in [2.24, 2.45) is 5.14 Å². The van der Waals surface area contributed by atoms with Gasteiger partial charge >= 0.3 is 10.3 Å². The summed E-state index contributed by atoms with van der Waals surface area (Å²) in [4.78, 5) is 0. The predicted molar refractivity (Wildman–Crippen MR) is 49.0 cm³/mol. The minimum absolute atomic E-state index is 0.0993. The molecule has 6 nitrogen and oxygen atoms in total. The molecule has 0 fully saturated rings. The maximum absolute atomic E-state index is 10.7. The van der Waals surface area contributed by atoms with Gasteiger partial charge < -0.3 is 4.18 Å². The van der Waals surface area contributed by atoms with Crippen LogP contribution < -0.4 is 9.32 Å². The topological polar surface area (TPSA) is 98.1 Å². The van der Waals surface area contributed by atoms with Crippen LogP contribution in [0.3, 0.4) is 0 Å². The van der Waals surface area contributed by atoms with Crippen molar-refractivity contribution >= 4 is 10.3 Å². The highest BCUT2D eigenvalue weighted by atomic mass is 32.2. The van der Waals surface area contributed by atoms with Gasteiger partial charge in [0.05, 0.1) is 0 Å². The smallest absolute Gasteiger partial charge is 0.348 e. The Hall–Kier alpha value is -1.08. The Kier molecular flexibility index (Phi) is 2.20.